The standard InChI is InChI=1S/C28H18ClFN2O4/c29-22-15-17(12-13-25(22)36-16-19-8-5-7-18-6-1-2-9-20(18)19)14-21-26(33)31-28(35)32(27(21)34)24-11-4-3-10-23(24)30/h1-15H,16H2,(H,31,33,35)/b21-14-. The fourth-order valence-corrected chi connectivity index (χ4v) is 4.22. The number of ether oxygens (including phenoxy) is 1. The van der Waals surface area contributed by atoms with Gasteiger partial charge in [0.15, 0.2) is 0 Å². The summed E-state index contributed by atoms with van der Waals surface area (Å²) in [6.45, 7) is 0.294. The molecule has 0 aromatic heterocycles. The number of carbonyl (C=O) groups is 3. The molecule has 178 valence electrons. The van der Waals surface area contributed by atoms with Gasteiger partial charge in [-0.3, -0.25) is 14.9 Å². The first-order chi connectivity index (χ1) is 17.4. The Labute approximate surface area is 210 Å². The zero-order valence-electron chi connectivity index (χ0n) is 18.7. The number of hydrogen-bond acceptors (Lipinski definition) is 4. The number of carbonyl (C=O) groups excluding carboxylic acids is 3. The predicted molar refractivity (Wildman–Crippen MR) is 135 cm³/mol. The van der Waals surface area contributed by atoms with Crippen LogP contribution in [0.25, 0.3) is 16.8 Å². The lowest BCUT2D eigenvalue weighted by Gasteiger charge is -2.26. The van der Waals surface area contributed by atoms with Crippen molar-refractivity contribution in [2.45, 2.75) is 6.61 Å². The van der Waals surface area contributed by atoms with E-state index in [-0.39, 0.29) is 16.3 Å². The van der Waals surface area contributed by atoms with E-state index in [1.165, 1.54) is 30.3 Å². The Balaban J connectivity index is 1.39. The van der Waals surface area contributed by atoms with Gasteiger partial charge in [-0.25, -0.2) is 14.1 Å². The van der Waals surface area contributed by atoms with E-state index in [4.69, 9.17) is 16.3 Å². The van der Waals surface area contributed by atoms with Crippen LogP contribution in [-0.4, -0.2) is 17.8 Å². The van der Waals surface area contributed by atoms with Crippen molar-refractivity contribution < 1.29 is 23.5 Å². The Bertz CT molecular complexity index is 1560. The average Bonchev–Trinajstić information content (AvgIpc) is 2.87. The maximum Gasteiger partial charge on any atom is 0.336 e. The number of rotatable bonds is 5. The number of barbiturate groups is 1. The van der Waals surface area contributed by atoms with Crippen molar-refractivity contribution in [3.63, 3.8) is 0 Å². The molecule has 4 amide bonds. The number of urea groups is 1. The molecule has 0 radical (unpaired) electrons. The monoisotopic (exact) mass is 500 g/mol. The van der Waals surface area contributed by atoms with Crippen LogP contribution in [-0.2, 0) is 16.2 Å². The van der Waals surface area contributed by atoms with E-state index >= 15 is 0 Å². The number of nitrogens with zero attached hydrogens (tertiary/aromatic N) is 1. The van der Waals surface area contributed by atoms with E-state index in [1.807, 2.05) is 42.5 Å². The van der Waals surface area contributed by atoms with E-state index in [9.17, 15) is 18.8 Å². The molecule has 4 aromatic carbocycles. The highest BCUT2D eigenvalue weighted by atomic mass is 35.5. The number of hydrogen-bond donors (Lipinski definition) is 1. The van der Waals surface area contributed by atoms with Gasteiger partial charge in [0, 0.05) is 0 Å². The largest absolute Gasteiger partial charge is 0.487 e. The quantitative estimate of drug-likeness (QED) is 0.274. The molecule has 0 aliphatic carbocycles. The van der Waals surface area contributed by atoms with Gasteiger partial charge in [0.25, 0.3) is 11.8 Å². The summed E-state index contributed by atoms with van der Waals surface area (Å²) >= 11 is 6.42. The second-order valence-corrected chi connectivity index (χ2v) is 8.43. The van der Waals surface area contributed by atoms with Crippen LogP contribution in [0, 0.1) is 5.82 Å². The molecule has 4 aromatic rings. The molecule has 0 saturated carbocycles. The molecule has 1 aliphatic rings. The Hall–Kier alpha value is -4.49. The van der Waals surface area contributed by atoms with Gasteiger partial charge in [-0.15, -0.1) is 0 Å². The maximum absolute atomic E-state index is 14.2. The van der Waals surface area contributed by atoms with Crippen LogP contribution in [0.4, 0.5) is 14.9 Å². The molecule has 0 atom stereocenters. The van der Waals surface area contributed by atoms with Gasteiger partial charge in [-0.05, 0) is 52.2 Å². The van der Waals surface area contributed by atoms with E-state index in [1.54, 1.807) is 12.1 Å². The summed E-state index contributed by atoms with van der Waals surface area (Å²) in [5, 5.41) is 4.52. The third kappa shape index (κ3) is 4.44. The first-order valence-electron chi connectivity index (χ1n) is 11.0. The van der Waals surface area contributed by atoms with E-state index in [0.717, 1.165) is 22.4 Å². The second kappa shape index (κ2) is 9.64. The van der Waals surface area contributed by atoms with Crippen LogP contribution in [0.5, 0.6) is 5.75 Å². The molecule has 0 bridgehead atoms. The average molecular weight is 501 g/mol. The zero-order valence-corrected chi connectivity index (χ0v) is 19.5. The number of imide groups is 2. The van der Waals surface area contributed by atoms with Crippen molar-refractivity contribution in [1.29, 1.82) is 0 Å². The Morgan fingerprint density at radius 3 is 2.47 bits per heavy atom. The Kier molecular flexibility index (Phi) is 6.23. The molecule has 1 N–H and O–H groups in total. The van der Waals surface area contributed by atoms with Crippen LogP contribution in [0.1, 0.15) is 11.1 Å². The first kappa shape index (κ1) is 23.3. The lowest BCUT2D eigenvalue weighted by atomic mass is 10.1. The minimum Gasteiger partial charge on any atom is -0.487 e. The Morgan fingerprint density at radius 2 is 1.67 bits per heavy atom. The van der Waals surface area contributed by atoms with Crippen LogP contribution in [0.2, 0.25) is 5.02 Å². The number of nitrogens with one attached hydrogen (secondary N) is 1. The summed E-state index contributed by atoms with van der Waals surface area (Å²) in [7, 11) is 0. The first-order valence-corrected chi connectivity index (χ1v) is 11.3. The van der Waals surface area contributed by atoms with Crippen molar-refractivity contribution in [3.8, 4) is 5.75 Å². The van der Waals surface area contributed by atoms with Gasteiger partial charge < -0.3 is 4.74 Å². The number of halogens is 2. The molecule has 1 fully saturated rings. The van der Waals surface area contributed by atoms with Gasteiger partial charge in [0.05, 0.1) is 10.7 Å². The topological polar surface area (TPSA) is 75.7 Å². The van der Waals surface area contributed by atoms with Crippen molar-refractivity contribution in [3.05, 3.63) is 112 Å². The minimum absolute atomic E-state index is 0.256. The smallest absolute Gasteiger partial charge is 0.336 e. The fraction of sp³-hybridized carbons (Fsp3) is 0.0357. The molecule has 1 saturated heterocycles. The van der Waals surface area contributed by atoms with Gasteiger partial charge in [-0.2, -0.15) is 0 Å². The van der Waals surface area contributed by atoms with Gasteiger partial charge in [0.2, 0.25) is 0 Å². The fourth-order valence-electron chi connectivity index (χ4n) is 3.97. The highest BCUT2D eigenvalue weighted by Gasteiger charge is 2.37. The summed E-state index contributed by atoms with van der Waals surface area (Å²) < 4.78 is 20.2. The van der Waals surface area contributed by atoms with Crippen molar-refractivity contribution in [1.82, 2.24) is 5.32 Å². The highest BCUT2D eigenvalue weighted by Crippen LogP contribution is 2.30. The maximum atomic E-state index is 14.2. The molecule has 1 heterocycles. The number of fused-ring (bicyclic) bond motifs is 1. The molecule has 0 unspecified atom stereocenters. The Morgan fingerprint density at radius 1 is 0.917 bits per heavy atom. The molecule has 1 aliphatic heterocycles. The van der Waals surface area contributed by atoms with Crippen molar-refractivity contribution >= 4 is 52.0 Å². The van der Waals surface area contributed by atoms with Crippen LogP contribution in [0.3, 0.4) is 0 Å². The van der Waals surface area contributed by atoms with Crippen LogP contribution < -0.4 is 15.0 Å². The van der Waals surface area contributed by atoms with Gasteiger partial charge in [0.1, 0.15) is 23.7 Å². The molecule has 5 rings (SSSR count). The molecule has 36 heavy (non-hydrogen) atoms. The van der Waals surface area contributed by atoms with Crippen molar-refractivity contribution in [2.75, 3.05) is 4.90 Å². The third-order valence-corrected chi connectivity index (χ3v) is 6.02. The molecule has 6 nitrogen and oxygen atoms in total. The van der Waals surface area contributed by atoms with Gasteiger partial charge >= 0.3 is 6.03 Å². The third-order valence-electron chi connectivity index (χ3n) is 5.73. The minimum atomic E-state index is -1.03. The summed E-state index contributed by atoms with van der Waals surface area (Å²) in [6.07, 6.45) is 1.29. The SMILES string of the molecule is O=C1NC(=O)N(c2ccccc2F)C(=O)/C1=C\c1ccc(OCc2cccc3ccccc23)c(Cl)c1. The zero-order chi connectivity index (χ0) is 25.2. The van der Waals surface area contributed by atoms with E-state index in [2.05, 4.69) is 5.32 Å². The van der Waals surface area contributed by atoms with Crippen LogP contribution in [0.15, 0.2) is 90.5 Å². The number of para-hydroxylation sites is 1. The summed E-state index contributed by atoms with van der Waals surface area (Å²) in [6, 6.07) is 23.0. The normalized spacial score (nSPS) is 14.9. The molecular weight excluding hydrogens is 483 g/mol. The lowest BCUT2D eigenvalue weighted by molar-refractivity contribution is -0.122. The lowest BCUT2D eigenvalue weighted by Crippen LogP contribution is -2.54. The van der Waals surface area contributed by atoms with E-state index in [0.29, 0.717) is 22.8 Å². The number of amides is 4. The molecule has 0 spiro atoms. The van der Waals surface area contributed by atoms with Gasteiger partial charge in [-0.1, -0.05) is 72.3 Å². The predicted octanol–water partition coefficient (Wildman–Crippen LogP) is 5.88. The summed E-state index contributed by atoms with van der Waals surface area (Å²) in [5.74, 6) is -2.17. The summed E-state index contributed by atoms with van der Waals surface area (Å²) in [5.41, 5.74) is 0.837. The van der Waals surface area contributed by atoms with Crippen molar-refractivity contribution in [2.24, 2.45) is 0 Å². The highest BCUT2D eigenvalue weighted by molar-refractivity contribution is 6.39. The number of anilines is 1. The molecular formula is C28H18ClFN2O4. The van der Waals surface area contributed by atoms with Crippen LogP contribution >= 0.6 is 11.6 Å². The number of benzene rings is 4. The second-order valence-electron chi connectivity index (χ2n) is 8.03. The van der Waals surface area contributed by atoms with E-state index < -0.39 is 23.7 Å². The molecule has 8 heteroatoms. The summed E-state index contributed by atoms with van der Waals surface area (Å²) in [4.78, 5) is 38.2.